The summed E-state index contributed by atoms with van der Waals surface area (Å²) in [7, 11) is 0. The monoisotopic (exact) mass is 264 g/mol. The van der Waals surface area contributed by atoms with E-state index in [1.807, 2.05) is 0 Å². The largest absolute Gasteiger partial charge is 0.313 e. The van der Waals surface area contributed by atoms with Gasteiger partial charge in [-0.25, -0.2) is 0 Å². The summed E-state index contributed by atoms with van der Waals surface area (Å²) in [6, 6.07) is 8.76. The Bertz CT molecular complexity index is 223. The Morgan fingerprint density at radius 3 is 1.31 bits per heavy atom. The quantitative estimate of drug-likeness (QED) is 0.826. The van der Waals surface area contributed by atoms with Crippen LogP contribution in [0, 0.1) is 0 Å². The van der Waals surface area contributed by atoms with E-state index < -0.39 is 0 Å². The van der Waals surface area contributed by atoms with Gasteiger partial charge in [0, 0.05) is 13.1 Å². The van der Waals surface area contributed by atoms with Crippen LogP contribution in [0.1, 0.15) is 25.0 Å². The lowest BCUT2D eigenvalue weighted by atomic mass is 10.1. The van der Waals surface area contributed by atoms with Gasteiger partial charge in [0.15, 0.2) is 0 Å². The molecule has 0 bridgehead atoms. The molecule has 1 rings (SSSR count). The summed E-state index contributed by atoms with van der Waals surface area (Å²) in [5.41, 5.74) is 2.71. The minimum absolute atomic E-state index is 0. The molecule has 4 heteroatoms. The van der Waals surface area contributed by atoms with Crippen LogP contribution in [-0.2, 0) is 13.1 Å². The van der Waals surface area contributed by atoms with Crippen LogP contribution >= 0.6 is 24.8 Å². The van der Waals surface area contributed by atoms with Gasteiger partial charge < -0.3 is 10.6 Å². The van der Waals surface area contributed by atoms with Crippen molar-refractivity contribution in [1.29, 1.82) is 0 Å². The lowest BCUT2D eigenvalue weighted by molar-refractivity contribution is 0.718. The van der Waals surface area contributed by atoms with Gasteiger partial charge in [0.2, 0.25) is 0 Å². The predicted octanol–water partition coefficient (Wildman–Crippen LogP) is 2.75. The Morgan fingerprint density at radius 2 is 1.06 bits per heavy atom. The summed E-state index contributed by atoms with van der Waals surface area (Å²) in [4.78, 5) is 0. The van der Waals surface area contributed by atoms with Crippen molar-refractivity contribution in [2.45, 2.75) is 26.9 Å². The fourth-order valence-electron chi connectivity index (χ4n) is 1.31. The molecule has 0 saturated carbocycles. The van der Waals surface area contributed by atoms with Crippen molar-refractivity contribution >= 4 is 24.8 Å². The Hall–Kier alpha value is -0.280. The van der Waals surface area contributed by atoms with Crippen molar-refractivity contribution in [3.8, 4) is 0 Å². The molecular weight excluding hydrogens is 243 g/mol. The molecule has 1 aromatic carbocycles. The Kier molecular flexibility index (Phi) is 12.7. The molecule has 0 spiro atoms. The first kappa shape index (κ1) is 18.1. The third kappa shape index (κ3) is 7.07. The fourth-order valence-corrected chi connectivity index (χ4v) is 1.31. The van der Waals surface area contributed by atoms with Gasteiger partial charge in [-0.3, -0.25) is 0 Å². The lowest BCUT2D eigenvalue weighted by Crippen LogP contribution is -2.13. The van der Waals surface area contributed by atoms with Gasteiger partial charge in [0.1, 0.15) is 0 Å². The summed E-state index contributed by atoms with van der Waals surface area (Å²) >= 11 is 0. The van der Waals surface area contributed by atoms with Crippen LogP contribution in [0.25, 0.3) is 0 Å². The van der Waals surface area contributed by atoms with Gasteiger partial charge in [0.25, 0.3) is 0 Å². The molecule has 0 aliphatic rings. The summed E-state index contributed by atoms with van der Waals surface area (Å²) in [5.74, 6) is 0. The molecule has 0 radical (unpaired) electrons. The number of benzene rings is 1. The molecule has 16 heavy (non-hydrogen) atoms. The standard InChI is InChI=1S/C12H20N2.2ClH/c1-3-13-9-11-5-7-12(8-6-11)10-14-4-2;;/h5-8,13-14H,3-4,9-10H2,1-2H3;2*1H. The van der Waals surface area contributed by atoms with E-state index in [0.717, 1.165) is 26.2 Å². The molecular formula is C12H22Cl2N2. The van der Waals surface area contributed by atoms with Crippen LogP contribution in [0.4, 0.5) is 0 Å². The summed E-state index contributed by atoms with van der Waals surface area (Å²) in [6.45, 7) is 8.24. The van der Waals surface area contributed by atoms with E-state index in [1.54, 1.807) is 0 Å². The molecule has 0 saturated heterocycles. The number of nitrogens with one attached hydrogen (secondary N) is 2. The zero-order valence-electron chi connectivity index (χ0n) is 9.95. The molecule has 1 aromatic rings. The van der Waals surface area contributed by atoms with Crippen molar-refractivity contribution in [1.82, 2.24) is 10.6 Å². The molecule has 0 fully saturated rings. The highest BCUT2D eigenvalue weighted by molar-refractivity contribution is 5.85. The molecule has 0 aliphatic carbocycles. The minimum Gasteiger partial charge on any atom is -0.313 e. The maximum atomic E-state index is 3.31. The molecule has 94 valence electrons. The first-order valence-electron chi connectivity index (χ1n) is 5.36. The first-order valence-corrected chi connectivity index (χ1v) is 5.36. The van der Waals surface area contributed by atoms with Crippen molar-refractivity contribution in [2.75, 3.05) is 13.1 Å². The Balaban J connectivity index is 0. The average Bonchev–Trinajstić information content (AvgIpc) is 2.25. The number of rotatable bonds is 6. The van der Waals surface area contributed by atoms with Gasteiger partial charge in [-0.1, -0.05) is 38.1 Å². The minimum atomic E-state index is 0. The lowest BCUT2D eigenvalue weighted by Gasteiger charge is -2.05. The third-order valence-corrected chi connectivity index (χ3v) is 2.18. The Morgan fingerprint density at radius 1 is 0.750 bits per heavy atom. The molecule has 2 N–H and O–H groups in total. The molecule has 2 nitrogen and oxygen atoms in total. The van der Waals surface area contributed by atoms with Crippen LogP contribution < -0.4 is 10.6 Å². The van der Waals surface area contributed by atoms with Crippen molar-refractivity contribution < 1.29 is 0 Å². The summed E-state index contributed by atoms with van der Waals surface area (Å²) < 4.78 is 0. The average molecular weight is 265 g/mol. The zero-order chi connectivity index (χ0) is 10.2. The smallest absolute Gasteiger partial charge is 0.0205 e. The van der Waals surface area contributed by atoms with Crippen LogP contribution in [0.3, 0.4) is 0 Å². The molecule has 0 aromatic heterocycles. The van der Waals surface area contributed by atoms with Gasteiger partial charge >= 0.3 is 0 Å². The molecule has 0 aliphatic heterocycles. The Labute approximate surface area is 111 Å². The van der Waals surface area contributed by atoms with Gasteiger partial charge in [-0.05, 0) is 24.2 Å². The number of hydrogen-bond donors (Lipinski definition) is 2. The van der Waals surface area contributed by atoms with E-state index >= 15 is 0 Å². The fraction of sp³-hybridized carbons (Fsp3) is 0.500. The second-order valence-electron chi connectivity index (χ2n) is 3.38. The van der Waals surface area contributed by atoms with Gasteiger partial charge in [-0.15, -0.1) is 24.8 Å². The van der Waals surface area contributed by atoms with E-state index in [2.05, 4.69) is 48.7 Å². The van der Waals surface area contributed by atoms with E-state index in [-0.39, 0.29) is 24.8 Å². The summed E-state index contributed by atoms with van der Waals surface area (Å²) in [5, 5.41) is 6.62. The molecule has 0 heterocycles. The highest BCUT2D eigenvalue weighted by Gasteiger charge is 1.93. The first-order chi connectivity index (χ1) is 6.86. The maximum absolute atomic E-state index is 3.31. The molecule has 0 atom stereocenters. The van der Waals surface area contributed by atoms with Crippen LogP contribution in [0.15, 0.2) is 24.3 Å². The number of hydrogen-bond acceptors (Lipinski definition) is 2. The van der Waals surface area contributed by atoms with E-state index in [0.29, 0.717) is 0 Å². The second-order valence-corrected chi connectivity index (χ2v) is 3.38. The van der Waals surface area contributed by atoms with Gasteiger partial charge in [-0.2, -0.15) is 0 Å². The molecule has 0 unspecified atom stereocenters. The van der Waals surface area contributed by atoms with E-state index in [9.17, 15) is 0 Å². The number of halogens is 2. The van der Waals surface area contributed by atoms with Crippen molar-refractivity contribution in [2.24, 2.45) is 0 Å². The maximum Gasteiger partial charge on any atom is 0.0205 e. The second kappa shape index (κ2) is 11.2. The van der Waals surface area contributed by atoms with Crippen molar-refractivity contribution in [3.05, 3.63) is 35.4 Å². The van der Waals surface area contributed by atoms with E-state index in [4.69, 9.17) is 0 Å². The highest BCUT2D eigenvalue weighted by atomic mass is 35.5. The normalized spacial score (nSPS) is 9.12. The van der Waals surface area contributed by atoms with Gasteiger partial charge in [0.05, 0.1) is 0 Å². The zero-order valence-corrected chi connectivity index (χ0v) is 11.6. The SMILES string of the molecule is CCNCc1ccc(CNCC)cc1.Cl.Cl. The van der Waals surface area contributed by atoms with Crippen LogP contribution in [0.2, 0.25) is 0 Å². The highest BCUT2D eigenvalue weighted by Crippen LogP contribution is 2.03. The van der Waals surface area contributed by atoms with Crippen LogP contribution in [0.5, 0.6) is 0 Å². The van der Waals surface area contributed by atoms with E-state index in [1.165, 1.54) is 11.1 Å². The van der Waals surface area contributed by atoms with Crippen LogP contribution in [-0.4, -0.2) is 13.1 Å². The molecule has 0 amide bonds. The van der Waals surface area contributed by atoms with Crippen molar-refractivity contribution in [3.63, 3.8) is 0 Å². The third-order valence-electron chi connectivity index (χ3n) is 2.18. The predicted molar refractivity (Wildman–Crippen MR) is 75.7 cm³/mol. The topological polar surface area (TPSA) is 24.1 Å². The summed E-state index contributed by atoms with van der Waals surface area (Å²) in [6.07, 6.45) is 0.